The zero-order valence-corrected chi connectivity index (χ0v) is 16.3. The van der Waals surface area contributed by atoms with Crippen molar-refractivity contribution >= 4 is 27.5 Å². The lowest BCUT2D eigenvalue weighted by molar-refractivity contribution is -0.388. The third kappa shape index (κ3) is 4.81. The van der Waals surface area contributed by atoms with E-state index in [4.69, 9.17) is 9.15 Å². The summed E-state index contributed by atoms with van der Waals surface area (Å²) in [6, 6.07) is 3.22. The summed E-state index contributed by atoms with van der Waals surface area (Å²) in [5.74, 6) is 0.616. The molecule has 0 bridgehead atoms. The molecule has 0 saturated carbocycles. The number of nitro groups is 1. The number of aromatic nitrogens is 1. The van der Waals surface area contributed by atoms with E-state index < -0.39 is 21.0 Å². The fourth-order valence-electron chi connectivity index (χ4n) is 2.09. The molecule has 1 N–H and O–H groups in total. The predicted octanol–water partition coefficient (Wildman–Crippen LogP) is 2.66. The molecular formula is C15H19N3O6S2. The first-order chi connectivity index (χ1) is 12.1. The molecule has 0 radical (unpaired) electrons. The molecule has 0 aliphatic rings. The Morgan fingerprint density at radius 2 is 2.12 bits per heavy atom. The molecule has 0 aliphatic heterocycles. The monoisotopic (exact) mass is 401 g/mol. The topological polar surface area (TPSA) is 125 Å². The van der Waals surface area contributed by atoms with Gasteiger partial charge in [-0.05, 0) is 44.7 Å². The standard InChI is InChI=1S/C15H19N3O6S2/c1-9(8-23-4)17-26(21,22)12-5-6-14(13(7-12)18(19)20)25-15-16-10(2)11(3)24-15/h5-7,9,17H,8H2,1-4H3/t9-/m1/s1. The molecule has 2 rings (SSSR count). The molecule has 26 heavy (non-hydrogen) atoms. The van der Waals surface area contributed by atoms with Gasteiger partial charge in [0.15, 0.2) is 0 Å². The molecule has 0 unspecified atom stereocenters. The molecule has 0 fully saturated rings. The molecular weight excluding hydrogens is 382 g/mol. The molecule has 0 aliphatic carbocycles. The van der Waals surface area contributed by atoms with Gasteiger partial charge in [0, 0.05) is 19.2 Å². The van der Waals surface area contributed by atoms with Crippen LogP contribution in [0.5, 0.6) is 0 Å². The Bertz CT molecular complexity index is 891. The Kier molecular flexibility index (Phi) is 6.39. The van der Waals surface area contributed by atoms with Gasteiger partial charge in [-0.25, -0.2) is 18.1 Å². The molecule has 0 spiro atoms. The summed E-state index contributed by atoms with van der Waals surface area (Å²) in [4.78, 5) is 15.0. The lowest BCUT2D eigenvalue weighted by atomic mass is 10.3. The van der Waals surface area contributed by atoms with Gasteiger partial charge in [-0.15, -0.1) is 0 Å². The van der Waals surface area contributed by atoms with Crippen LogP contribution in [-0.2, 0) is 14.8 Å². The highest BCUT2D eigenvalue weighted by molar-refractivity contribution is 7.99. The second kappa shape index (κ2) is 8.16. The Hall–Kier alpha value is -1.95. The maximum atomic E-state index is 12.4. The van der Waals surface area contributed by atoms with E-state index in [-0.39, 0.29) is 27.3 Å². The number of rotatable bonds is 8. The normalized spacial score (nSPS) is 12.9. The summed E-state index contributed by atoms with van der Waals surface area (Å²) in [6.45, 7) is 5.31. The molecule has 1 aromatic carbocycles. The van der Waals surface area contributed by atoms with Crippen LogP contribution in [0, 0.1) is 24.0 Å². The van der Waals surface area contributed by atoms with Gasteiger partial charge in [-0.3, -0.25) is 10.1 Å². The van der Waals surface area contributed by atoms with Gasteiger partial charge < -0.3 is 9.15 Å². The van der Waals surface area contributed by atoms with E-state index in [0.29, 0.717) is 11.5 Å². The second-order valence-electron chi connectivity index (χ2n) is 5.59. The van der Waals surface area contributed by atoms with Crippen molar-refractivity contribution in [3.8, 4) is 0 Å². The Balaban J connectivity index is 2.35. The number of nitro benzene ring substituents is 1. The molecule has 142 valence electrons. The van der Waals surface area contributed by atoms with E-state index in [1.165, 1.54) is 19.2 Å². The fourth-order valence-corrected chi connectivity index (χ4v) is 4.25. The van der Waals surface area contributed by atoms with Crippen molar-refractivity contribution in [3.63, 3.8) is 0 Å². The van der Waals surface area contributed by atoms with Crippen molar-refractivity contribution in [1.29, 1.82) is 0 Å². The average molecular weight is 401 g/mol. The highest BCUT2D eigenvalue weighted by Crippen LogP contribution is 2.36. The maximum Gasteiger partial charge on any atom is 0.284 e. The van der Waals surface area contributed by atoms with Crippen molar-refractivity contribution in [2.45, 2.75) is 41.8 Å². The largest absolute Gasteiger partial charge is 0.436 e. The molecule has 0 saturated heterocycles. The van der Waals surface area contributed by atoms with E-state index in [0.717, 1.165) is 17.8 Å². The van der Waals surface area contributed by atoms with Crippen molar-refractivity contribution < 1.29 is 22.5 Å². The van der Waals surface area contributed by atoms with Crippen molar-refractivity contribution in [2.24, 2.45) is 0 Å². The first kappa shape index (κ1) is 20.4. The van der Waals surface area contributed by atoms with Crippen LogP contribution in [0.1, 0.15) is 18.4 Å². The van der Waals surface area contributed by atoms with Crippen LogP contribution in [0.25, 0.3) is 0 Å². The number of hydrogen-bond donors (Lipinski definition) is 1. The van der Waals surface area contributed by atoms with Gasteiger partial charge in [0.25, 0.3) is 10.9 Å². The molecule has 1 aromatic heterocycles. The van der Waals surface area contributed by atoms with Gasteiger partial charge in [0.2, 0.25) is 10.0 Å². The highest BCUT2D eigenvalue weighted by atomic mass is 32.2. The van der Waals surface area contributed by atoms with E-state index >= 15 is 0 Å². The zero-order chi connectivity index (χ0) is 19.5. The van der Waals surface area contributed by atoms with Gasteiger partial charge in [0.05, 0.1) is 27.0 Å². The van der Waals surface area contributed by atoms with E-state index in [1.807, 2.05) is 0 Å². The maximum absolute atomic E-state index is 12.4. The summed E-state index contributed by atoms with van der Waals surface area (Å²) in [5, 5.41) is 11.6. The Morgan fingerprint density at radius 1 is 1.42 bits per heavy atom. The van der Waals surface area contributed by atoms with Crippen LogP contribution in [0.15, 0.2) is 37.6 Å². The van der Waals surface area contributed by atoms with Crippen molar-refractivity contribution in [1.82, 2.24) is 9.71 Å². The van der Waals surface area contributed by atoms with Crippen LogP contribution < -0.4 is 4.72 Å². The fraction of sp³-hybridized carbons (Fsp3) is 0.400. The minimum atomic E-state index is -3.91. The van der Waals surface area contributed by atoms with Crippen LogP contribution in [0.4, 0.5) is 5.69 Å². The van der Waals surface area contributed by atoms with Crippen molar-refractivity contribution in [3.05, 3.63) is 39.8 Å². The quantitative estimate of drug-likeness (QED) is 0.529. The number of hydrogen-bond acceptors (Lipinski definition) is 8. The lowest BCUT2D eigenvalue weighted by Crippen LogP contribution is -2.35. The molecule has 1 heterocycles. The van der Waals surface area contributed by atoms with Gasteiger partial charge >= 0.3 is 0 Å². The van der Waals surface area contributed by atoms with Crippen LogP contribution in [0.2, 0.25) is 0 Å². The number of methoxy groups -OCH3 is 1. The summed E-state index contributed by atoms with van der Waals surface area (Å²) in [7, 11) is -2.46. The predicted molar refractivity (Wildman–Crippen MR) is 94.9 cm³/mol. The smallest absolute Gasteiger partial charge is 0.284 e. The summed E-state index contributed by atoms with van der Waals surface area (Å²) in [5.41, 5.74) is 0.344. The van der Waals surface area contributed by atoms with Gasteiger partial charge in [-0.2, -0.15) is 0 Å². The van der Waals surface area contributed by atoms with E-state index in [2.05, 4.69) is 9.71 Å². The number of aryl methyl sites for hydroxylation is 2. The molecule has 11 heteroatoms. The van der Waals surface area contributed by atoms with Crippen molar-refractivity contribution in [2.75, 3.05) is 13.7 Å². The molecule has 2 aromatic rings. The Labute approximate surface area is 155 Å². The number of nitrogens with zero attached hydrogens (tertiary/aromatic N) is 2. The van der Waals surface area contributed by atoms with Crippen LogP contribution in [-0.4, -0.2) is 38.1 Å². The lowest BCUT2D eigenvalue weighted by Gasteiger charge is -2.13. The molecule has 9 nitrogen and oxygen atoms in total. The minimum Gasteiger partial charge on any atom is -0.436 e. The van der Waals surface area contributed by atoms with Gasteiger partial charge in [-0.1, -0.05) is 0 Å². The van der Waals surface area contributed by atoms with Crippen LogP contribution >= 0.6 is 11.8 Å². The number of oxazole rings is 1. The summed E-state index contributed by atoms with van der Waals surface area (Å²) in [6.07, 6.45) is 0. The molecule has 0 amide bonds. The summed E-state index contributed by atoms with van der Waals surface area (Å²) < 4.78 is 37.5. The van der Waals surface area contributed by atoms with Gasteiger partial charge in [0.1, 0.15) is 5.76 Å². The average Bonchev–Trinajstić information content (AvgIpc) is 2.84. The Morgan fingerprint density at radius 3 is 2.65 bits per heavy atom. The first-order valence-electron chi connectivity index (χ1n) is 7.55. The minimum absolute atomic E-state index is 0.179. The number of sulfonamides is 1. The number of benzene rings is 1. The number of nitrogens with one attached hydrogen (secondary N) is 1. The number of ether oxygens (including phenoxy) is 1. The van der Waals surface area contributed by atoms with E-state index in [1.54, 1.807) is 20.8 Å². The first-order valence-corrected chi connectivity index (χ1v) is 9.85. The highest BCUT2D eigenvalue weighted by Gasteiger charge is 2.24. The van der Waals surface area contributed by atoms with E-state index in [9.17, 15) is 18.5 Å². The third-order valence-corrected chi connectivity index (χ3v) is 5.92. The third-order valence-electron chi connectivity index (χ3n) is 3.42. The second-order valence-corrected chi connectivity index (χ2v) is 8.29. The summed E-state index contributed by atoms with van der Waals surface area (Å²) >= 11 is 0.964. The SMILES string of the molecule is COC[C@@H](C)NS(=O)(=O)c1ccc(Sc2nc(C)c(C)o2)c([N+](=O)[O-])c1. The molecule has 1 atom stereocenters. The van der Waals surface area contributed by atoms with Crippen LogP contribution in [0.3, 0.4) is 0 Å². The zero-order valence-electron chi connectivity index (χ0n) is 14.7.